The van der Waals surface area contributed by atoms with Gasteiger partial charge in [-0.1, -0.05) is 26.8 Å². The van der Waals surface area contributed by atoms with Crippen LogP contribution in [0.5, 0.6) is 0 Å². The number of hydrogen-bond acceptors (Lipinski definition) is 3. The number of amides is 2. The minimum atomic E-state index is -0.0698. The van der Waals surface area contributed by atoms with Crippen LogP contribution in [0.2, 0.25) is 0 Å². The van der Waals surface area contributed by atoms with Gasteiger partial charge in [-0.3, -0.25) is 14.6 Å². The monoisotopic (exact) mass is 303 g/mol. The first-order chi connectivity index (χ1) is 10.5. The zero-order valence-corrected chi connectivity index (χ0v) is 13.6. The van der Waals surface area contributed by atoms with Crippen molar-refractivity contribution < 1.29 is 9.59 Å². The molecular formula is C17H25N3O2. The third-order valence-electron chi connectivity index (χ3n) is 3.76. The molecule has 5 nitrogen and oxygen atoms in total. The van der Waals surface area contributed by atoms with E-state index in [4.69, 9.17) is 0 Å². The Kier molecular flexibility index (Phi) is 5.52. The van der Waals surface area contributed by atoms with E-state index < -0.39 is 0 Å². The summed E-state index contributed by atoms with van der Waals surface area (Å²) in [5.41, 5.74) is 1.87. The van der Waals surface area contributed by atoms with Crippen LogP contribution in [0, 0.1) is 11.8 Å². The number of nitrogens with one attached hydrogen (secondary N) is 2. The van der Waals surface area contributed by atoms with Crippen LogP contribution in [0.25, 0.3) is 0 Å². The van der Waals surface area contributed by atoms with Crippen molar-refractivity contribution in [3.63, 3.8) is 0 Å². The van der Waals surface area contributed by atoms with Crippen molar-refractivity contribution >= 4 is 11.8 Å². The quantitative estimate of drug-likeness (QED) is 0.807. The second-order valence-electron chi connectivity index (χ2n) is 6.42. The lowest BCUT2D eigenvalue weighted by Gasteiger charge is -2.12. The standard InChI is InChI=1S/C17H25N3O2/c1-11(2)16(21)19-10-13-4-5-15(18-9-13)8-12(3)17(22)20-14-6-7-14/h4-5,9,11-12,14H,6-8,10H2,1-3H3,(H,19,21)(H,20,22). The molecule has 2 N–H and O–H groups in total. The molecule has 0 spiro atoms. The van der Waals surface area contributed by atoms with Crippen molar-refractivity contribution in [2.45, 2.75) is 52.6 Å². The SMILES string of the molecule is CC(C)C(=O)NCc1ccc(CC(C)C(=O)NC2CC2)nc1. The molecule has 1 heterocycles. The molecule has 0 radical (unpaired) electrons. The fourth-order valence-electron chi connectivity index (χ4n) is 2.05. The highest BCUT2D eigenvalue weighted by molar-refractivity contribution is 5.79. The van der Waals surface area contributed by atoms with Crippen LogP contribution in [0.3, 0.4) is 0 Å². The molecule has 1 aromatic heterocycles. The van der Waals surface area contributed by atoms with Crippen LogP contribution >= 0.6 is 0 Å². The first-order valence-electron chi connectivity index (χ1n) is 7.97. The van der Waals surface area contributed by atoms with E-state index in [1.807, 2.05) is 32.9 Å². The average Bonchev–Trinajstić information content (AvgIpc) is 3.29. The summed E-state index contributed by atoms with van der Waals surface area (Å²) >= 11 is 0. The molecule has 0 saturated heterocycles. The molecule has 5 heteroatoms. The summed E-state index contributed by atoms with van der Waals surface area (Å²) in [6.07, 6.45) is 4.61. The average molecular weight is 303 g/mol. The van der Waals surface area contributed by atoms with Crippen LogP contribution in [-0.4, -0.2) is 22.8 Å². The van der Waals surface area contributed by atoms with Crippen LogP contribution < -0.4 is 10.6 Å². The van der Waals surface area contributed by atoms with Crippen molar-refractivity contribution in [2.75, 3.05) is 0 Å². The van der Waals surface area contributed by atoms with Gasteiger partial charge in [-0.25, -0.2) is 0 Å². The third-order valence-corrected chi connectivity index (χ3v) is 3.76. The fourth-order valence-corrected chi connectivity index (χ4v) is 2.05. The normalized spacial score (nSPS) is 15.5. The van der Waals surface area contributed by atoms with Gasteiger partial charge in [0.15, 0.2) is 0 Å². The zero-order chi connectivity index (χ0) is 16.1. The molecule has 0 aromatic carbocycles. The van der Waals surface area contributed by atoms with Gasteiger partial charge in [0, 0.05) is 42.7 Å². The predicted molar refractivity (Wildman–Crippen MR) is 85.0 cm³/mol. The maximum atomic E-state index is 11.9. The van der Waals surface area contributed by atoms with Gasteiger partial charge in [-0.05, 0) is 24.5 Å². The third kappa shape index (κ3) is 5.13. The van der Waals surface area contributed by atoms with Gasteiger partial charge in [0.1, 0.15) is 0 Å². The highest BCUT2D eigenvalue weighted by atomic mass is 16.2. The molecule has 1 aliphatic carbocycles. The second-order valence-corrected chi connectivity index (χ2v) is 6.42. The molecule has 22 heavy (non-hydrogen) atoms. The van der Waals surface area contributed by atoms with Crippen molar-refractivity contribution in [3.05, 3.63) is 29.6 Å². The Balaban J connectivity index is 1.80. The van der Waals surface area contributed by atoms with Gasteiger partial charge >= 0.3 is 0 Å². The molecule has 0 bridgehead atoms. The maximum absolute atomic E-state index is 11.9. The molecule has 120 valence electrons. The Hall–Kier alpha value is -1.91. The lowest BCUT2D eigenvalue weighted by atomic mass is 10.0. The summed E-state index contributed by atoms with van der Waals surface area (Å²) in [7, 11) is 0. The van der Waals surface area contributed by atoms with Crippen LogP contribution in [0.15, 0.2) is 18.3 Å². The largest absolute Gasteiger partial charge is 0.353 e. The van der Waals surface area contributed by atoms with Gasteiger partial charge in [0.2, 0.25) is 11.8 Å². The van der Waals surface area contributed by atoms with Gasteiger partial charge < -0.3 is 10.6 Å². The number of aromatic nitrogens is 1. The first-order valence-corrected chi connectivity index (χ1v) is 7.97. The van der Waals surface area contributed by atoms with Gasteiger partial charge in [0.25, 0.3) is 0 Å². The predicted octanol–water partition coefficient (Wildman–Crippen LogP) is 1.81. The summed E-state index contributed by atoms with van der Waals surface area (Å²) in [5.74, 6) is 0.0599. The molecule has 1 aliphatic rings. The van der Waals surface area contributed by atoms with Gasteiger partial charge in [-0.15, -0.1) is 0 Å². The first kappa shape index (κ1) is 16.5. The minimum absolute atomic E-state index is 0.0157. The molecule has 1 atom stereocenters. The number of carbonyl (C=O) groups is 2. The van der Waals surface area contributed by atoms with E-state index in [0.29, 0.717) is 19.0 Å². The molecule has 1 aromatic rings. The Bertz CT molecular complexity index is 521. The fraction of sp³-hybridized carbons (Fsp3) is 0.588. The van der Waals surface area contributed by atoms with Crippen molar-refractivity contribution in [1.29, 1.82) is 0 Å². The Morgan fingerprint density at radius 1 is 1.23 bits per heavy atom. The number of hydrogen-bond donors (Lipinski definition) is 2. The van der Waals surface area contributed by atoms with Crippen LogP contribution in [-0.2, 0) is 22.6 Å². The molecule has 2 amide bonds. The van der Waals surface area contributed by atoms with E-state index in [-0.39, 0.29) is 23.7 Å². The Morgan fingerprint density at radius 3 is 2.50 bits per heavy atom. The molecule has 0 aliphatic heterocycles. The number of pyridine rings is 1. The van der Waals surface area contributed by atoms with E-state index in [1.165, 1.54) is 0 Å². The van der Waals surface area contributed by atoms with E-state index in [2.05, 4.69) is 15.6 Å². The molecule has 2 rings (SSSR count). The van der Waals surface area contributed by atoms with E-state index in [1.54, 1.807) is 6.20 Å². The zero-order valence-electron chi connectivity index (χ0n) is 13.6. The Morgan fingerprint density at radius 2 is 1.95 bits per heavy atom. The summed E-state index contributed by atoms with van der Waals surface area (Å²) in [4.78, 5) is 27.8. The van der Waals surface area contributed by atoms with E-state index in [0.717, 1.165) is 24.1 Å². The van der Waals surface area contributed by atoms with Gasteiger partial charge in [0.05, 0.1) is 0 Å². The van der Waals surface area contributed by atoms with Crippen molar-refractivity contribution in [3.8, 4) is 0 Å². The van der Waals surface area contributed by atoms with Crippen molar-refractivity contribution in [1.82, 2.24) is 15.6 Å². The highest BCUT2D eigenvalue weighted by Crippen LogP contribution is 2.19. The van der Waals surface area contributed by atoms with Crippen molar-refractivity contribution in [2.24, 2.45) is 11.8 Å². The lowest BCUT2D eigenvalue weighted by Crippen LogP contribution is -2.32. The van der Waals surface area contributed by atoms with E-state index >= 15 is 0 Å². The number of rotatable bonds is 7. The summed E-state index contributed by atoms with van der Waals surface area (Å²) in [6, 6.07) is 4.28. The topological polar surface area (TPSA) is 71.1 Å². The highest BCUT2D eigenvalue weighted by Gasteiger charge is 2.25. The van der Waals surface area contributed by atoms with Gasteiger partial charge in [-0.2, -0.15) is 0 Å². The number of carbonyl (C=O) groups excluding carboxylic acids is 2. The van der Waals surface area contributed by atoms with E-state index in [9.17, 15) is 9.59 Å². The second kappa shape index (κ2) is 7.38. The molecule has 1 fully saturated rings. The summed E-state index contributed by atoms with van der Waals surface area (Å²) < 4.78 is 0. The van der Waals surface area contributed by atoms with Crippen LogP contribution in [0.4, 0.5) is 0 Å². The number of nitrogens with zero attached hydrogens (tertiary/aromatic N) is 1. The lowest BCUT2D eigenvalue weighted by molar-refractivity contribution is -0.125. The summed E-state index contributed by atoms with van der Waals surface area (Å²) in [5, 5.41) is 5.88. The molecule has 1 saturated carbocycles. The molecule has 1 unspecified atom stereocenters. The Labute approximate surface area is 131 Å². The molecular weight excluding hydrogens is 278 g/mol. The summed E-state index contributed by atoms with van der Waals surface area (Å²) in [6.45, 7) is 6.15. The van der Waals surface area contributed by atoms with Crippen LogP contribution in [0.1, 0.15) is 44.9 Å². The smallest absolute Gasteiger partial charge is 0.223 e. The minimum Gasteiger partial charge on any atom is -0.353 e. The maximum Gasteiger partial charge on any atom is 0.223 e.